The van der Waals surface area contributed by atoms with Gasteiger partial charge in [-0.3, -0.25) is 9.59 Å². The summed E-state index contributed by atoms with van der Waals surface area (Å²) in [6.45, 7) is 7.97. The van der Waals surface area contributed by atoms with Gasteiger partial charge in [-0.2, -0.15) is 0 Å². The van der Waals surface area contributed by atoms with Crippen LogP contribution in [-0.2, 0) is 20.7 Å². The van der Waals surface area contributed by atoms with Crippen LogP contribution < -0.4 is 4.74 Å². The summed E-state index contributed by atoms with van der Waals surface area (Å²) < 4.78 is 10.7. The van der Waals surface area contributed by atoms with Crippen LogP contribution in [0.3, 0.4) is 0 Å². The number of hydrogen-bond donors (Lipinski definition) is 0. The van der Waals surface area contributed by atoms with E-state index in [4.69, 9.17) is 9.47 Å². The van der Waals surface area contributed by atoms with E-state index in [-0.39, 0.29) is 17.2 Å². The maximum atomic E-state index is 12.8. The molecule has 0 N–H and O–H groups in total. The summed E-state index contributed by atoms with van der Waals surface area (Å²) in [5, 5.41) is 0. The third kappa shape index (κ3) is 4.92. The largest absolute Gasteiger partial charge is 0.494 e. The van der Waals surface area contributed by atoms with Gasteiger partial charge in [0, 0.05) is 39.7 Å². The number of ether oxygens (including phenoxy) is 2. The van der Waals surface area contributed by atoms with Gasteiger partial charge in [-0.25, -0.2) is 0 Å². The van der Waals surface area contributed by atoms with Crippen LogP contribution in [0.25, 0.3) is 0 Å². The Kier molecular flexibility index (Phi) is 7.17. The molecule has 6 heteroatoms. The molecule has 2 saturated heterocycles. The molecule has 0 aromatic heterocycles. The lowest BCUT2D eigenvalue weighted by molar-refractivity contribution is -0.137. The molecular formula is C23H34N2O4. The monoisotopic (exact) mass is 402 g/mol. The second kappa shape index (κ2) is 9.61. The zero-order valence-corrected chi connectivity index (χ0v) is 18.0. The van der Waals surface area contributed by atoms with Crippen LogP contribution in [-0.4, -0.2) is 68.1 Å². The molecule has 0 bridgehead atoms. The van der Waals surface area contributed by atoms with Gasteiger partial charge in [0.05, 0.1) is 18.6 Å². The number of carbonyl (C=O) groups excluding carboxylic acids is 2. The fraction of sp³-hybridized carbons (Fsp3) is 0.652. The van der Waals surface area contributed by atoms with Crippen molar-refractivity contribution in [1.29, 1.82) is 0 Å². The summed E-state index contributed by atoms with van der Waals surface area (Å²) in [5.41, 5.74) is 2.02. The van der Waals surface area contributed by atoms with Crippen molar-refractivity contribution in [1.82, 2.24) is 9.80 Å². The van der Waals surface area contributed by atoms with E-state index < -0.39 is 0 Å². The van der Waals surface area contributed by atoms with E-state index in [1.54, 1.807) is 7.11 Å². The Morgan fingerprint density at radius 2 is 2.03 bits per heavy atom. The Hall–Kier alpha value is -2.08. The molecule has 0 aliphatic carbocycles. The van der Waals surface area contributed by atoms with Crippen LogP contribution in [0.15, 0.2) is 18.2 Å². The molecule has 2 aliphatic rings. The standard InChI is InChI=1S/C23H34N2O4/c1-4-29-20-9-8-19(16-18(20)2)6-5-7-21(26)25-13-11-23(17-25)10-12-24(22(23)27)14-15-28-3/h8-9,16H,4-7,10-15,17H2,1-3H3. The molecule has 2 aliphatic heterocycles. The van der Waals surface area contributed by atoms with Gasteiger partial charge in [0.25, 0.3) is 0 Å². The third-order valence-corrected chi connectivity index (χ3v) is 6.27. The molecule has 2 amide bonds. The molecule has 1 spiro atoms. The average molecular weight is 403 g/mol. The topological polar surface area (TPSA) is 59.1 Å². The van der Waals surface area contributed by atoms with Gasteiger partial charge in [-0.15, -0.1) is 0 Å². The first kappa shape index (κ1) is 21.6. The highest BCUT2D eigenvalue weighted by atomic mass is 16.5. The van der Waals surface area contributed by atoms with Gasteiger partial charge >= 0.3 is 0 Å². The van der Waals surface area contributed by atoms with Crippen LogP contribution >= 0.6 is 0 Å². The smallest absolute Gasteiger partial charge is 0.230 e. The molecule has 160 valence electrons. The Morgan fingerprint density at radius 3 is 2.76 bits per heavy atom. The first-order valence-corrected chi connectivity index (χ1v) is 10.8. The maximum absolute atomic E-state index is 12.8. The highest BCUT2D eigenvalue weighted by molar-refractivity contribution is 5.87. The molecule has 2 fully saturated rings. The number of nitrogens with zero attached hydrogens (tertiary/aromatic N) is 2. The summed E-state index contributed by atoms with van der Waals surface area (Å²) in [6.07, 6.45) is 3.87. The Balaban J connectivity index is 1.46. The quantitative estimate of drug-likeness (QED) is 0.637. The van der Waals surface area contributed by atoms with Crippen molar-refractivity contribution in [3.63, 3.8) is 0 Å². The Labute approximate surface area is 174 Å². The zero-order chi connectivity index (χ0) is 20.9. The van der Waals surface area contributed by atoms with E-state index in [0.717, 1.165) is 43.5 Å². The first-order valence-electron chi connectivity index (χ1n) is 10.8. The molecule has 1 atom stereocenters. The van der Waals surface area contributed by atoms with E-state index in [1.165, 1.54) is 5.56 Å². The summed E-state index contributed by atoms with van der Waals surface area (Å²) in [7, 11) is 1.65. The van der Waals surface area contributed by atoms with Crippen molar-refractivity contribution in [2.45, 2.75) is 46.0 Å². The number of methoxy groups -OCH3 is 1. The van der Waals surface area contributed by atoms with Gasteiger partial charge < -0.3 is 19.3 Å². The van der Waals surface area contributed by atoms with Crippen LogP contribution in [0.4, 0.5) is 0 Å². The number of amides is 2. The van der Waals surface area contributed by atoms with Crippen molar-refractivity contribution in [2.24, 2.45) is 5.41 Å². The van der Waals surface area contributed by atoms with E-state index in [2.05, 4.69) is 19.1 Å². The fourth-order valence-electron chi connectivity index (χ4n) is 4.56. The summed E-state index contributed by atoms with van der Waals surface area (Å²) in [6, 6.07) is 6.24. The van der Waals surface area contributed by atoms with Crippen LogP contribution in [0, 0.1) is 12.3 Å². The lowest BCUT2D eigenvalue weighted by Crippen LogP contribution is -2.39. The minimum atomic E-state index is -0.352. The molecule has 0 radical (unpaired) electrons. The number of hydrogen-bond acceptors (Lipinski definition) is 4. The Morgan fingerprint density at radius 1 is 1.24 bits per heavy atom. The van der Waals surface area contributed by atoms with Crippen molar-refractivity contribution in [2.75, 3.05) is 46.5 Å². The molecule has 2 heterocycles. The van der Waals surface area contributed by atoms with Crippen molar-refractivity contribution in [3.05, 3.63) is 29.3 Å². The van der Waals surface area contributed by atoms with Gasteiger partial charge in [0.1, 0.15) is 5.75 Å². The van der Waals surface area contributed by atoms with Crippen LogP contribution in [0.1, 0.15) is 43.7 Å². The Bertz CT molecular complexity index is 736. The predicted molar refractivity (Wildman–Crippen MR) is 112 cm³/mol. The molecule has 29 heavy (non-hydrogen) atoms. The van der Waals surface area contributed by atoms with Crippen LogP contribution in [0.5, 0.6) is 5.75 Å². The zero-order valence-electron chi connectivity index (χ0n) is 18.0. The highest BCUT2D eigenvalue weighted by Crippen LogP contribution is 2.40. The number of rotatable bonds is 9. The van der Waals surface area contributed by atoms with E-state index in [0.29, 0.717) is 39.3 Å². The molecule has 1 aromatic carbocycles. The third-order valence-electron chi connectivity index (χ3n) is 6.27. The first-order chi connectivity index (χ1) is 14.0. The van der Waals surface area contributed by atoms with Crippen molar-refractivity contribution < 1.29 is 19.1 Å². The SMILES string of the molecule is CCOc1ccc(CCCC(=O)N2CCC3(CCN(CCOC)C3=O)C2)cc1C. The normalized spacial score (nSPS) is 21.4. The van der Waals surface area contributed by atoms with Gasteiger partial charge in [-0.1, -0.05) is 12.1 Å². The van der Waals surface area contributed by atoms with Crippen molar-refractivity contribution in [3.8, 4) is 5.75 Å². The second-order valence-corrected chi connectivity index (χ2v) is 8.27. The lowest BCUT2D eigenvalue weighted by atomic mass is 9.85. The molecule has 1 aromatic rings. The number of aryl methyl sites for hydroxylation is 2. The van der Waals surface area contributed by atoms with Gasteiger partial charge in [-0.05, 0) is 56.7 Å². The van der Waals surface area contributed by atoms with E-state index in [9.17, 15) is 9.59 Å². The molecule has 3 rings (SSSR count). The molecule has 6 nitrogen and oxygen atoms in total. The average Bonchev–Trinajstić information content (AvgIpc) is 3.28. The van der Waals surface area contributed by atoms with Gasteiger partial charge in [0.15, 0.2) is 0 Å². The highest BCUT2D eigenvalue weighted by Gasteiger charge is 2.51. The fourth-order valence-corrected chi connectivity index (χ4v) is 4.56. The second-order valence-electron chi connectivity index (χ2n) is 8.27. The van der Waals surface area contributed by atoms with E-state index >= 15 is 0 Å². The summed E-state index contributed by atoms with van der Waals surface area (Å²) in [4.78, 5) is 29.3. The lowest BCUT2D eigenvalue weighted by Gasteiger charge is -2.23. The van der Waals surface area contributed by atoms with E-state index in [1.807, 2.05) is 22.8 Å². The molecule has 0 saturated carbocycles. The minimum absolute atomic E-state index is 0.174. The number of likely N-dealkylation sites (tertiary alicyclic amines) is 2. The van der Waals surface area contributed by atoms with Crippen LogP contribution in [0.2, 0.25) is 0 Å². The minimum Gasteiger partial charge on any atom is -0.494 e. The van der Waals surface area contributed by atoms with Crippen molar-refractivity contribution >= 4 is 11.8 Å². The summed E-state index contributed by atoms with van der Waals surface area (Å²) in [5.74, 6) is 1.30. The predicted octanol–water partition coefficient (Wildman–Crippen LogP) is 2.81. The van der Waals surface area contributed by atoms with Gasteiger partial charge in [0.2, 0.25) is 11.8 Å². The maximum Gasteiger partial charge on any atom is 0.230 e. The number of benzene rings is 1. The number of carbonyl (C=O) groups is 2. The molecule has 1 unspecified atom stereocenters. The summed E-state index contributed by atoms with van der Waals surface area (Å²) >= 11 is 0. The molecular weight excluding hydrogens is 368 g/mol.